The van der Waals surface area contributed by atoms with Gasteiger partial charge in [0.05, 0.1) is 5.69 Å². The second-order valence-electron chi connectivity index (χ2n) is 5.80. The number of nitrogens with one attached hydrogen (secondary N) is 1. The van der Waals surface area contributed by atoms with Crippen molar-refractivity contribution in [3.05, 3.63) is 90.0 Å². The second-order valence-corrected chi connectivity index (χ2v) is 5.80. The average molecular weight is 346 g/mol. The van der Waals surface area contributed by atoms with E-state index in [4.69, 9.17) is 0 Å². The summed E-state index contributed by atoms with van der Waals surface area (Å²) in [5, 5.41) is 7.22. The Morgan fingerprint density at radius 2 is 1.81 bits per heavy atom. The third-order valence-corrected chi connectivity index (χ3v) is 4.03. The molecule has 0 unspecified atom stereocenters. The van der Waals surface area contributed by atoms with Crippen LogP contribution in [0.25, 0.3) is 16.9 Å². The lowest BCUT2D eigenvalue weighted by molar-refractivity contribution is 0.0945. The molecule has 0 saturated heterocycles. The number of halogens is 1. The largest absolute Gasteiger partial charge is 0.347 e. The van der Waals surface area contributed by atoms with E-state index in [1.807, 2.05) is 30.3 Å². The molecule has 1 amide bonds. The monoisotopic (exact) mass is 346 g/mol. The maximum atomic E-state index is 13.2. The van der Waals surface area contributed by atoms with Gasteiger partial charge in [0.15, 0.2) is 11.3 Å². The molecule has 6 heteroatoms. The Balaban J connectivity index is 1.62. The Hall–Kier alpha value is -3.54. The van der Waals surface area contributed by atoms with Crippen molar-refractivity contribution in [2.45, 2.75) is 6.54 Å². The molecule has 2 heterocycles. The number of rotatable bonds is 4. The lowest BCUT2D eigenvalue weighted by atomic mass is 10.1. The predicted molar refractivity (Wildman–Crippen MR) is 96.0 cm³/mol. The molecule has 0 aliphatic heterocycles. The summed E-state index contributed by atoms with van der Waals surface area (Å²) in [5.74, 6) is -0.579. The first-order valence-electron chi connectivity index (χ1n) is 8.13. The number of carbonyl (C=O) groups is 1. The number of aromatic nitrogens is 3. The molecular formula is C20H15FN4O. The Morgan fingerprint density at radius 3 is 2.58 bits per heavy atom. The molecule has 2 aromatic heterocycles. The van der Waals surface area contributed by atoms with Crippen LogP contribution in [0.4, 0.5) is 4.39 Å². The maximum Gasteiger partial charge on any atom is 0.272 e. The van der Waals surface area contributed by atoms with Crippen LogP contribution in [0, 0.1) is 5.82 Å². The highest BCUT2D eigenvalue weighted by Crippen LogP contribution is 2.20. The van der Waals surface area contributed by atoms with Crippen LogP contribution in [-0.2, 0) is 6.54 Å². The maximum absolute atomic E-state index is 13.2. The minimum absolute atomic E-state index is 0.274. The normalized spacial score (nSPS) is 10.8. The van der Waals surface area contributed by atoms with Crippen LogP contribution in [0.3, 0.4) is 0 Å². The molecule has 5 nitrogen and oxygen atoms in total. The van der Waals surface area contributed by atoms with Crippen molar-refractivity contribution in [1.82, 2.24) is 19.9 Å². The first-order valence-corrected chi connectivity index (χ1v) is 8.13. The van der Waals surface area contributed by atoms with Crippen molar-refractivity contribution in [3.63, 3.8) is 0 Å². The second kappa shape index (κ2) is 6.76. The van der Waals surface area contributed by atoms with E-state index in [-0.39, 0.29) is 17.4 Å². The van der Waals surface area contributed by atoms with Crippen LogP contribution in [0.5, 0.6) is 0 Å². The van der Waals surface area contributed by atoms with Gasteiger partial charge in [-0.3, -0.25) is 4.79 Å². The number of nitrogens with zero attached hydrogens (tertiary/aromatic N) is 3. The van der Waals surface area contributed by atoms with E-state index in [0.717, 1.165) is 16.8 Å². The number of carbonyl (C=O) groups excluding carboxylic acids is 1. The van der Waals surface area contributed by atoms with E-state index in [1.54, 1.807) is 35.0 Å². The van der Waals surface area contributed by atoms with E-state index in [9.17, 15) is 9.18 Å². The van der Waals surface area contributed by atoms with Gasteiger partial charge in [-0.15, -0.1) is 0 Å². The van der Waals surface area contributed by atoms with E-state index in [0.29, 0.717) is 12.2 Å². The van der Waals surface area contributed by atoms with Crippen LogP contribution in [0.2, 0.25) is 0 Å². The predicted octanol–water partition coefficient (Wildman–Crippen LogP) is 3.47. The van der Waals surface area contributed by atoms with Gasteiger partial charge in [-0.2, -0.15) is 5.10 Å². The van der Waals surface area contributed by atoms with E-state index >= 15 is 0 Å². The van der Waals surface area contributed by atoms with Gasteiger partial charge in [-0.05, 0) is 35.9 Å². The summed E-state index contributed by atoms with van der Waals surface area (Å²) < 4.78 is 14.8. The minimum atomic E-state index is -0.305. The standard InChI is InChI=1S/C20H15FN4O/c21-16-8-6-15(7-9-16)18-10-11-22-19-12-17(24-25(18)19)20(26)23-13-14-4-2-1-3-5-14/h1-12H,13H2,(H,23,26). The van der Waals surface area contributed by atoms with Gasteiger partial charge in [0.1, 0.15) is 5.82 Å². The van der Waals surface area contributed by atoms with Crippen LogP contribution in [0.1, 0.15) is 16.1 Å². The van der Waals surface area contributed by atoms with Crippen LogP contribution in [-0.4, -0.2) is 20.5 Å². The molecule has 0 fully saturated rings. The van der Waals surface area contributed by atoms with E-state index in [2.05, 4.69) is 15.4 Å². The molecule has 26 heavy (non-hydrogen) atoms. The molecule has 0 aliphatic carbocycles. The Bertz CT molecular complexity index is 1060. The van der Waals surface area contributed by atoms with Gasteiger partial charge in [0.25, 0.3) is 5.91 Å². The highest BCUT2D eigenvalue weighted by Gasteiger charge is 2.14. The van der Waals surface area contributed by atoms with Gasteiger partial charge in [0.2, 0.25) is 0 Å². The summed E-state index contributed by atoms with van der Waals surface area (Å²) in [6.45, 7) is 0.422. The minimum Gasteiger partial charge on any atom is -0.347 e. The smallest absolute Gasteiger partial charge is 0.272 e. The number of amides is 1. The molecule has 0 saturated carbocycles. The van der Waals surface area contributed by atoms with Gasteiger partial charge in [0, 0.05) is 24.4 Å². The zero-order chi connectivity index (χ0) is 17.9. The highest BCUT2D eigenvalue weighted by molar-refractivity contribution is 5.93. The summed E-state index contributed by atoms with van der Waals surface area (Å²) in [6, 6.07) is 19.2. The fourth-order valence-corrected chi connectivity index (χ4v) is 2.71. The van der Waals surface area contributed by atoms with Gasteiger partial charge in [-0.1, -0.05) is 30.3 Å². The van der Waals surface area contributed by atoms with Gasteiger partial charge >= 0.3 is 0 Å². The molecule has 2 aromatic carbocycles. The lowest BCUT2D eigenvalue weighted by Gasteiger charge is -2.04. The Morgan fingerprint density at radius 1 is 1.04 bits per heavy atom. The number of hydrogen-bond acceptors (Lipinski definition) is 3. The lowest BCUT2D eigenvalue weighted by Crippen LogP contribution is -2.23. The third kappa shape index (κ3) is 3.17. The first kappa shape index (κ1) is 16.0. The van der Waals surface area contributed by atoms with Crippen LogP contribution >= 0.6 is 0 Å². The number of fused-ring (bicyclic) bond motifs is 1. The fourth-order valence-electron chi connectivity index (χ4n) is 2.71. The summed E-state index contributed by atoms with van der Waals surface area (Å²) in [4.78, 5) is 16.7. The van der Waals surface area contributed by atoms with Gasteiger partial charge < -0.3 is 5.32 Å². The highest BCUT2D eigenvalue weighted by atomic mass is 19.1. The average Bonchev–Trinajstić information content (AvgIpc) is 3.12. The summed E-state index contributed by atoms with van der Waals surface area (Å²) in [6.07, 6.45) is 1.64. The Labute approximate surface area is 149 Å². The molecule has 0 radical (unpaired) electrons. The van der Waals surface area contributed by atoms with Crippen molar-refractivity contribution < 1.29 is 9.18 Å². The van der Waals surface area contributed by atoms with Crippen molar-refractivity contribution in [2.24, 2.45) is 0 Å². The molecular weight excluding hydrogens is 331 g/mol. The first-order chi connectivity index (χ1) is 12.7. The summed E-state index contributed by atoms with van der Waals surface area (Å²) >= 11 is 0. The fraction of sp³-hybridized carbons (Fsp3) is 0.0500. The van der Waals surface area contributed by atoms with Crippen molar-refractivity contribution in [1.29, 1.82) is 0 Å². The van der Waals surface area contributed by atoms with Crippen molar-refractivity contribution >= 4 is 11.6 Å². The summed E-state index contributed by atoms with van der Waals surface area (Å²) in [5.41, 5.74) is 3.37. The molecule has 0 bridgehead atoms. The molecule has 1 N–H and O–H groups in total. The topological polar surface area (TPSA) is 59.3 Å². The third-order valence-electron chi connectivity index (χ3n) is 4.03. The van der Waals surface area contributed by atoms with Gasteiger partial charge in [-0.25, -0.2) is 13.9 Å². The van der Waals surface area contributed by atoms with Crippen LogP contribution in [0.15, 0.2) is 72.9 Å². The number of hydrogen-bond donors (Lipinski definition) is 1. The number of benzene rings is 2. The summed E-state index contributed by atoms with van der Waals surface area (Å²) in [7, 11) is 0. The SMILES string of the molecule is O=C(NCc1ccccc1)c1cc2nccc(-c3ccc(F)cc3)n2n1. The van der Waals surface area contributed by atoms with Crippen molar-refractivity contribution in [3.8, 4) is 11.3 Å². The quantitative estimate of drug-likeness (QED) is 0.616. The molecule has 128 valence electrons. The zero-order valence-corrected chi connectivity index (χ0v) is 13.8. The molecule has 0 spiro atoms. The van der Waals surface area contributed by atoms with Crippen LogP contribution < -0.4 is 5.32 Å². The zero-order valence-electron chi connectivity index (χ0n) is 13.8. The molecule has 4 rings (SSSR count). The van der Waals surface area contributed by atoms with E-state index < -0.39 is 0 Å². The van der Waals surface area contributed by atoms with Crippen molar-refractivity contribution in [2.75, 3.05) is 0 Å². The molecule has 4 aromatic rings. The Kier molecular flexibility index (Phi) is 4.15. The molecule has 0 atom stereocenters. The molecule has 0 aliphatic rings. The van der Waals surface area contributed by atoms with E-state index in [1.165, 1.54) is 12.1 Å².